The van der Waals surface area contributed by atoms with Crippen LogP contribution in [-0.2, 0) is 0 Å². The van der Waals surface area contributed by atoms with Gasteiger partial charge in [0.05, 0.1) is 4.92 Å². The number of hydrogen-bond acceptors (Lipinski definition) is 5. The van der Waals surface area contributed by atoms with E-state index in [-0.39, 0.29) is 11.4 Å². The fourth-order valence-corrected chi connectivity index (χ4v) is 2.27. The molecule has 0 aromatic heterocycles. The molecule has 0 fully saturated rings. The van der Waals surface area contributed by atoms with Crippen molar-refractivity contribution in [1.82, 2.24) is 0 Å². The molecule has 0 bridgehead atoms. The molecule has 0 aliphatic heterocycles. The van der Waals surface area contributed by atoms with Gasteiger partial charge in [-0.2, -0.15) is 11.8 Å². The van der Waals surface area contributed by atoms with Crippen molar-refractivity contribution in [3.8, 4) is 0 Å². The van der Waals surface area contributed by atoms with E-state index < -0.39 is 4.92 Å². The molecule has 76 valence electrons. The Labute approximate surface area is 90.4 Å². The second-order valence-electron chi connectivity index (χ2n) is 2.53. The summed E-state index contributed by atoms with van der Waals surface area (Å²) in [7, 11) is 0. The molecular weight excluding hydrogens is 220 g/mol. The van der Waals surface area contributed by atoms with Crippen molar-refractivity contribution in [1.29, 1.82) is 0 Å². The van der Waals surface area contributed by atoms with Crippen LogP contribution < -0.4 is 5.73 Å². The minimum Gasteiger partial charge on any atom is -0.393 e. The average molecular weight is 230 g/mol. The zero-order chi connectivity index (χ0) is 10.6. The zero-order valence-electron chi connectivity index (χ0n) is 7.60. The Morgan fingerprint density at radius 1 is 1.57 bits per heavy atom. The maximum atomic E-state index is 10.6. The van der Waals surface area contributed by atoms with Crippen LogP contribution in [0.4, 0.5) is 11.4 Å². The van der Waals surface area contributed by atoms with Gasteiger partial charge in [-0.1, -0.05) is 0 Å². The summed E-state index contributed by atoms with van der Waals surface area (Å²) >= 11 is 3.24. The lowest BCUT2D eigenvalue weighted by Gasteiger charge is -2.01. The van der Waals surface area contributed by atoms with Gasteiger partial charge in [0.2, 0.25) is 0 Å². The van der Waals surface area contributed by atoms with Gasteiger partial charge in [-0.3, -0.25) is 10.1 Å². The number of hydrogen-bond donors (Lipinski definition) is 1. The van der Waals surface area contributed by atoms with E-state index in [1.54, 1.807) is 35.7 Å². The van der Waals surface area contributed by atoms with Gasteiger partial charge in [-0.05, 0) is 18.4 Å². The molecular formula is C8H10N2O2S2. The summed E-state index contributed by atoms with van der Waals surface area (Å²) in [5.41, 5.74) is 5.66. The third-order valence-corrected chi connectivity index (χ3v) is 3.54. The Kier molecular flexibility index (Phi) is 4.09. The molecule has 1 rings (SSSR count). The Morgan fingerprint density at radius 2 is 2.29 bits per heavy atom. The van der Waals surface area contributed by atoms with Crippen LogP contribution in [0.25, 0.3) is 0 Å². The molecule has 0 aliphatic rings. The van der Waals surface area contributed by atoms with Crippen LogP contribution in [0.3, 0.4) is 0 Å². The fourth-order valence-electron chi connectivity index (χ4n) is 0.898. The van der Waals surface area contributed by atoms with Crippen molar-refractivity contribution in [2.75, 3.05) is 17.1 Å². The molecule has 4 nitrogen and oxygen atoms in total. The first-order chi connectivity index (χ1) is 6.65. The molecule has 1 aromatic rings. The zero-order valence-corrected chi connectivity index (χ0v) is 9.23. The van der Waals surface area contributed by atoms with Gasteiger partial charge in [0.25, 0.3) is 5.69 Å². The number of nitrogens with zero attached hydrogens (tertiary/aromatic N) is 1. The molecule has 0 unspecified atom stereocenters. The van der Waals surface area contributed by atoms with Gasteiger partial charge in [-0.15, -0.1) is 11.8 Å². The minimum atomic E-state index is -0.460. The van der Waals surface area contributed by atoms with Gasteiger partial charge in [-0.25, -0.2) is 0 Å². The van der Waals surface area contributed by atoms with Gasteiger partial charge in [0.1, 0.15) is 5.69 Å². The number of benzene rings is 1. The van der Waals surface area contributed by atoms with Crippen molar-refractivity contribution >= 4 is 34.9 Å². The molecule has 1 aromatic carbocycles. The van der Waals surface area contributed by atoms with E-state index in [2.05, 4.69) is 0 Å². The summed E-state index contributed by atoms with van der Waals surface area (Å²) < 4.78 is 0. The highest BCUT2D eigenvalue weighted by atomic mass is 32.2. The monoisotopic (exact) mass is 230 g/mol. The maximum Gasteiger partial charge on any atom is 0.293 e. The molecule has 0 heterocycles. The van der Waals surface area contributed by atoms with Crippen LogP contribution in [0.1, 0.15) is 0 Å². The van der Waals surface area contributed by atoms with Crippen molar-refractivity contribution in [3.63, 3.8) is 0 Å². The Balaban J connectivity index is 2.89. The highest BCUT2D eigenvalue weighted by Gasteiger charge is 2.11. The maximum absolute atomic E-state index is 10.6. The van der Waals surface area contributed by atoms with E-state index in [0.29, 0.717) is 0 Å². The number of nitro groups is 1. The van der Waals surface area contributed by atoms with E-state index in [9.17, 15) is 10.1 Å². The van der Waals surface area contributed by atoms with Crippen LogP contribution in [0.15, 0.2) is 23.1 Å². The van der Waals surface area contributed by atoms with E-state index in [4.69, 9.17) is 5.73 Å². The number of nitrogens with two attached hydrogens (primary N) is 1. The largest absolute Gasteiger partial charge is 0.393 e. The van der Waals surface area contributed by atoms with E-state index in [0.717, 1.165) is 9.98 Å². The van der Waals surface area contributed by atoms with Gasteiger partial charge < -0.3 is 5.73 Å². The molecule has 14 heavy (non-hydrogen) atoms. The Bertz CT molecular complexity index is 344. The first-order valence-electron chi connectivity index (χ1n) is 3.81. The van der Waals surface area contributed by atoms with Crippen molar-refractivity contribution < 1.29 is 4.92 Å². The average Bonchev–Trinajstić information content (AvgIpc) is 2.16. The number of anilines is 1. The predicted molar refractivity (Wildman–Crippen MR) is 61.7 cm³/mol. The predicted octanol–water partition coefficient (Wildman–Crippen LogP) is 2.59. The van der Waals surface area contributed by atoms with Gasteiger partial charge in [0, 0.05) is 16.0 Å². The number of rotatable bonds is 4. The summed E-state index contributed by atoms with van der Waals surface area (Å²) in [5.74, 6) is 0. The Hall–Kier alpha value is -0.880. The van der Waals surface area contributed by atoms with Crippen LogP contribution >= 0.6 is 23.5 Å². The van der Waals surface area contributed by atoms with Crippen LogP contribution in [0.2, 0.25) is 0 Å². The van der Waals surface area contributed by atoms with Crippen LogP contribution in [-0.4, -0.2) is 16.3 Å². The molecule has 0 saturated heterocycles. The van der Waals surface area contributed by atoms with Crippen molar-refractivity contribution in [2.45, 2.75) is 4.90 Å². The number of thioether (sulfide) groups is 2. The topological polar surface area (TPSA) is 69.2 Å². The van der Waals surface area contributed by atoms with E-state index in [1.807, 2.05) is 6.26 Å². The van der Waals surface area contributed by atoms with E-state index in [1.165, 1.54) is 6.07 Å². The molecule has 0 amide bonds. The number of nitro benzene ring substituents is 1. The lowest BCUT2D eigenvalue weighted by Crippen LogP contribution is -1.95. The van der Waals surface area contributed by atoms with Crippen LogP contribution in [0, 0.1) is 10.1 Å². The van der Waals surface area contributed by atoms with Gasteiger partial charge in [0.15, 0.2) is 0 Å². The minimum absolute atomic E-state index is 0.0175. The normalized spacial score (nSPS) is 10.1. The first kappa shape index (κ1) is 11.2. The SMILES string of the molecule is CSCSc1ccc(N)c([N+](=O)[O-])c1. The standard InChI is InChI=1S/C8H10N2O2S2/c1-13-5-14-6-2-3-7(9)8(4-6)10(11)12/h2-4H,5,9H2,1H3. The van der Waals surface area contributed by atoms with Crippen molar-refractivity contribution in [3.05, 3.63) is 28.3 Å². The molecule has 0 radical (unpaired) electrons. The van der Waals surface area contributed by atoms with Crippen molar-refractivity contribution in [2.24, 2.45) is 0 Å². The third-order valence-electron chi connectivity index (χ3n) is 1.54. The molecule has 2 N–H and O–H groups in total. The summed E-state index contributed by atoms with van der Waals surface area (Å²) in [5, 5.41) is 11.4. The lowest BCUT2D eigenvalue weighted by atomic mass is 10.3. The smallest absolute Gasteiger partial charge is 0.293 e. The van der Waals surface area contributed by atoms with Crippen LogP contribution in [0.5, 0.6) is 0 Å². The summed E-state index contributed by atoms with van der Waals surface area (Å²) in [4.78, 5) is 11.0. The molecule has 0 saturated carbocycles. The first-order valence-corrected chi connectivity index (χ1v) is 6.18. The summed E-state index contributed by atoms with van der Waals surface area (Å²) in [6, 6.07) is 4.88. The number of nitrogen functional groups attached to an aromatic ring is 1. The second kappa shape index (κ2) is 5.11. The summed E-state index contributed by atoms with van der Waals surface area (Å²) in [6.45, 7) is 0. The molecule has 0 spiro atoms. The second-order valence-corrected chi connectivity index (χ2v) is 4.81. The lowest BCUT2D eigenvalue weighted by molar-refractivity contribution is -0.384. The highest BCUT2D eigenvalue weighted by Crippen LogP contribution is 2.29. The van der Waals surface area contributed by atoms with Gasteiger partial charge >= 0.3 is 0 Å². The Morgan fingerprint density at radius 3 is 2.86 bits per heavy atom. The fraction of sp³-hybridized carbons (Fsp3) is 0.250. The highest BCUT2D eigenvalue weighted by molar-refractivity contribution is 8.15. The summed E-state index contributed by atoms with van der Waals surface area (Å²) in [6.07, 6.45) is 1.98. The molecule has 6 heteroatoms. The molecule has 0 aliphatic carbocycles. The quantitative estimate of drug-likeness (QED) is 0.283. The third kappa shape index (κ3) is 2.81. The molecule has 0 atom stereocenters. The van der Waals surface area contributed by atoms with E-state index >= 15 is 0 Å².